The van der Waals surface area contributed by atoms with Crippen LogP contribution < -0.4 is 5.32 Å². The highest BCUT2D eigenvalue weighted by Gasteiger charge is 2.19. The van der Waals surface area contributed by atoms with Crippen molar-refractivity contribution >= 4 is 23.2 Å². The molecule has 70 valence electrons. The molecule has 0 aromatic carbocycles. The van der Waals surface area contributed by atoms with Gasteiger partial charge in [0.15, 0.2) is 0 Å². The zero-order valence-electron chi connectivity index (χ0n) is 7.06. The van der Waals surface area contributed by atoms with E-state index in [1.54, 1.807) is 6.07 Å². The number of rotatable bonds is 1. The summed E-state index contributed by atoms with van der Waals surface area (Å²) in [5.74, 6) is 0. The zero-order valence-corrected chi connectivity index (χ0v) is 8.57. The van der Waals surface area contributed by atoms with E-state index >= 15 is 0 Å². The lowest BCUT2D eigenvalue weighted by Gasteiger charge is -2.11. The highest BCUT2D eigenvalue weighted by atomic mass is 35.5. The van der Waals surface area contributed by atoms with E-state index in [-0.39, 0.29) is 0 Å². The first-order valence-electron chi connectivity index (χ1n) is 4.33. The first-order valence-corrected chi connectivity index (χ1v) is 5.08. The summed E-state index contributed by atoms with van der Waals surface area (Å²) in [6, 6.07) is 4.08. The lowest BCUT2D eigenvalue weighted by atomic mass is 10.1. The van der Waals surface area contributed by atoms with Gasteiger partial charge >= 0.3 is 0 Å². The molecule has 4 heteroatoms. The summed E-state index contributed by atoms with van der Waals surface area (Å²) >= 11 is 11.7. The first-order chi connectivity index (χ1) is 6.27. The minimum atomic E-state index is 0.359. The molecule has 1 aliphatic heterocycles. The fourth-order valence-electron chi connectivity index (χ4n) is 1.63. The summed E-state index contributed by atoms with van der Waals surface area (Å²) in [5, 5.41) is 4.34. The van der Waals surface area contributed by atoms with Crippen molar-refractivity contribution in [1.29, 1.82) is 0 Å². The van der Waals surface area contributed by atoms with Crippen molar-refractivity contribution in [2.24, 2.45) is 0 Å². The number of nitrogens with one attached hydrogen (secondary N) is 1. The van der Waals surface area contributed by atoms with Crippen LogP contribution in [-0.4, -0.2) is 11.5 Å². The van der Waals surface area contributed by atoms with Gasteiger partial charge in [0, 0.05) is 11.6 Å². The van der Waals surface area contributed by atoms with E-state index in [0.717, 1.165) is 18.5 Å². The largest absolute Gasteiger partial charge is 0.310 e. The second-order valence-corrected chi connectivity index (χ2v) is 3.91. The van der Waals surface area contributed by atoms with Crippen molar-refractivity contribution in [1.82, 2.24) is 10.3 Å². The van der Waals surface area contributed by atoms with Crippen molar-refractivity contribution in [2.75, 3.05) is 6.54 Å². The summed E-state index contributed by atoms with van der Waals surface area (Å²) < 4.78 is 0. The Kier molecular flexibility index (Phi) is 2.72. The molecule has 1 atom stereocenters. The molecule has 13 heavy (non-hydrogen) atoms. The van der Waals surface area contributed by atoms with Crippen molar-refractivity contribution in [2.45, 2.75) is 18.9 Å². The molecule has 1 fully saturated rings. The monoisotopic (exact) mass is 216 g/mol. The Bertz CT molecular complexity index is 308. The normalized spacial score (nSPS) is 22.2. The van der Waals surface area contributed by atoms with Crippen molar-refractivity contribution in [3.63, 3.8) is 0 Å². The SMILES string of the molecule is Clc1ccc([C@H]2CCCN2)c(Cl)n1. The van der Waals surface area contributed by atoms with E-state index in [2.05, 4.69) is 10.3 Å². The van der Waals surface area contributed by atoms with Crippen LogP contribution in [0.15, 0.2) is 12.1 Å². The lowest BCUT2D eigenvalue weighted by molar-refractivity contribution is 0.645. The molecule has 2 heterocycles. The molecule has 1 aromatic rings. The molecule has 2 nitrogen and oxygen atoms in total. The fraction of sp³-hybridized carbons (Fsp3) is 0.444. The Morgan fingerprint density at radius 3 is 2.85 bits per heavy atom. The van der Waals surface area contributed by atoms with Gasteiger partial charge in [-0.05, 0) is 25.5 Å². The van der Waals surface area contributed by atoms with Gasteiger partial charge in [-0.3, -0.25) is 0 Å². The average molecular weight is 217 g/mol. The van der Waals surface area contributed by atoms with Crippen LogP contribution in [0, 0.1) is 0 Å². The molecule has 0 spiro atoms. The van der Waals surface area contributed by atoms with E-state index in [0.29, 0.717) is 16.3 Å². The van der Waals surface area contributed by atoms with E-state index in [9.17, 15) is 0 Å². The van der Waals surface area contributed by atoms with Gasteiger partial charge in [0.05, 0.1) is 0 Å². The van der Waals surface area contributed by atoms with Crippen LogP contribution in [0.5, 0.6) is 0 Å². The highest BCUT2D eigenvalue weighted by Crippen LogP contribution is 2.28. The first kappa shape index (κ1) is 9.25. The number of halogens is 2. The smallest absolute Gasteiger partial charge is 0.135 e. The van der Waals surface area contributed by atoms with Crippen molar-refractivity contribution in [3.05, 3.63) is 28.0 Å². The van der Waals surface area contributed by atoms with Gasteiger partial charge < -0.3 is 5.32 Å². The van der Waals surface area contributed by atoms with Gasteiger partial charge in [-0.15, -0.1) is 0 Å². The summed E-state index contributed by atoms with van der Waals surface area (Å²) in [5.41, 5.74) is 1.06. The van der Waals surface area contributed by atoms with Crippen LogP contribution in [-0.2, 0) is 0 Å². The Labute approximate surface area is 87.3 Å². The third-order valence-corrected chi connectivity index (χ3v) is 2.79. The molecule has 0 radical (unpaired) electrons. The maximum Gasteiger partial charge on any atom is 0.135 e. The standard InChI is InChI=1S/C9H10Cl2N2/c10-8-4-3-6(9(11)13-8)7-2-1-5-12-7/h3-4,7,12H,1-2,5H2/t7-/m1/s1. The Hall–Kier alpha value is -0.310. The maximum absolute atomic E-state index is 5.97. The van der Waals surface area contributed by atoms with Crippen molar-refractivity contribution < 1.29 is 0 Å². The third kappa shape index (κ3) is 1.96. The summed E-state index contributed by atoms with van der Waals surface area (Å²) in [4.78, 5) is 4.01. The van der Waals surface area contributed by atoms with Crippen LogP contribution in [0.2, 0.25) is 10.3 Å². The Morgan fingerprint density at radius 2 is 2.23 bits per heavy atom. The summed E-state index contributed by atoms with van der Waals surface area (Å²) in [7, 11) is 0. The Balaban J connectivity index is 2.29. The average Bonchev–Trinajstić information content (AvgIpc) is 2.56. The molecule has 1 aromatic heterocycles. The molecule has 0 unspecified atom stereocenters. The van der Waals surface area contributed by atoms with Gasteiger partial charge in [-0.1, -0.05) is 29.3 Å². The van der Waals surface area contributed by atoms with Crippen LogP contribution >= 0.6 is 23.2 Å². The lowest BCUT2D eigenvalue weighted by Crippen LogP contribution is -2.13. The number of hydrogen-bond donors (Lipinski definition) is 1. The van der Waals surface area contributed by atoms with E-state index < -0.39 is 0 Å². The van der Waals surface area contributed by atoms with E-state index in [4.69, 9.17) is 23.2 Å². The molecule has 0 amide bonds. The van der Waals surface area contributed by atoms with Crippen LogP contribution in [0.1, 0.15) is 24.4 Å². The highest BCUT2D eigenvalue weighted by molar-refractivity contribution is 6.32. The zero-order chi connectivity index (χ0) is 9.26. The molecule has 2 rings (SSSR count). The number of hydrogen-bond acceptors (Lipinski definition) is 2. The fourth-order valence-corrected chi connectivity index (χ4v) is 2.11. The molecular weight excluding hydrogens is 207 g/mol. The van der Waals surface area contributed by atoms with Crippen molar-refractivity contribution in [3.8, 4) is 0 Å². The second-order valence-electron chi connectivity index (χ2n) is 3.16. The number of aromatic nitrogens is 1. The van der Waals surface area contributed by atoms with Gasteiger partial charge in [-0.25, -0.2) is 4.98 Å². The predicted octanol–water partition coefficient (Wildman–Crippen LogP) is 2.81. The van der Waals surface area contributed by atoms with Gasteiger partial charge in [0.25, 0.3) is 0 Å². The van der Waals surface area contributed by atoms with E-state index in [1.165, 1.54) is 6.42 Å². The molecule has 0 bridgehead atoms. The molecule has 0 saturated carbocycles. The number of nitrogens with zero attached hydrogens (tertiary/aromatic N) is 1. The molecule has 1 saturated heterocycles. The molecular formula is C9H10Cl2N2. The predicted molar refractivity (Wildman–Crippen MR) is 54.2 cm³/mol. The maximum atomic E-state index is 5.97. The van der Waals surface area contributed by atoms with Gasteiger partial charge in [-0.2, -0.15) is 0 Å². The summed E-state index contributed by atoms with van der Waals surface area (Å²) in [6.07, 6.45) is 2.33. The van der Waals surface area contributed by atoms with Crippen LogP contribution in [0.25, 0.3) is 0 Å². The van der Waals surface area contributed by atoms with Crippen LogP contribution in [0.4, 0.5) is 0 Å². The van der Waals surface area contributed by atoms with E-state index in [1.807, 2.05) is 6.07 Å². The minimum Gasteiger partial charge on any atom is -0.310 e. The van der Waals surface area contributed by atoms with Crippen LogP contribution in [0.3, 0.4) is 0 Å². The summed E-state index contributed by atoms with van der Waals surface area (Å²) in [6.45, 7) is 1.06. The third-order valence-electron chi connectivity index (χ3n) is 2.28. The Morgan fingerprint density at radius 1 is 1.38 bits per heavy atom. The topological polar surface area (TPSA) is 24.9 Å². The number of pyridine rings is 1. The minimum absolute atomic E-state index is 0.359. The van der Waals surface area contributed by atoms with Gasteiger partial charge in [0.2, 0.25) is 0 Å². The van der Waals surface area contributed by atoms with Gasteiger partial charge in [0.1, 0.15) is 10.3 Å². The molecule has 1 aliphatic rings. The quantitative estimate of drug-likeness (QED) is 0.731. The molecule has 0 aliphatic carbocycles. The second kappa shape index (κ2) is 3.82. The molecule has 1 N–H and O–H groups in total.